The highest BCUT2D eigenvalue weighted by Crippen LogP contribution is 2.29. The summed E-state index contributed by atoms with van der Waals surface area (Å²) in [5.74, 6) is -0.810. The molecule has 138 valence electrons. The summed E-state index contributed by atoms with van der Waals surface area (Å²) >= 11 is 0. The largest absolute Gasteiger partial charge is 0.368 e. The first kappa shape index (κ1) is 17.3. The number of carbonyl (C=O) groups excluding carboxylic acids is 2. The van der Waals surface area contributed by atoms with Crippen molar-refractivity contribution in [3.63, 3.8) is 0 Å². The molecule has 1 atom stereocenters. The van der Waals surface area contributed by atoms with Gasteiger partial charge in [-0.2, -0.15) is 0 Å². The molecule has 5 nitrogen and oxygen atoms in total. The van der Waals surface area contributed by atoms with Crippen molar-refractivity contribution in [2.75, 3.05) is 0 Å². The average Bonchev–Trinajstić information content (AvgIpc) is 3.06. The third-order valence-electron chi connectivity index (χ3n) is 5.29. The molecule has 0 radical (unpaired) electrons. The fourth-order valence-electron chi connectivity index (χ4n) is 3.86. The van der Waals surface area contributed by atoms with Crippen molar-refractivity contribution >= 4 is 22.7 Å². The van der Waals surface area contributed by atoms with Crippen LogP contribution in [0.1, 0.15) is 40.0 Å². The lowest BCUT2D eigenvalue weighted by Crippen LogP contribution is -2.45. The molecule has 0 saturated carbocycles. The van der Waals surface area contributed by atoms with Gasteiger partial charge in [-0.1, -0.05) is 30.3 Å². The zero-order valence-corrected chi connectivity index (χ0v) is 15.1. The van der Waals surface area contributed by atoms with Gasteiger partial charge < -0.3 is 16.0 Å². The summed E-state index contributed by atoms with van der Waals surface area (Å²) in [4.78, 5) is 28.1. The molecule has 1 heterocycles. The van der Waals surface area contributed by atoms with Crippen molar-refractivity contribution in [1.82, 2.24) is 10.3 Å². The fraction of sp³-hybridized carbons (Fsp3) is 0.273. The number of nitrogens with one attached hydrogen (secondary N) is 2. The van der Waals surface area contributed by atoms with E-state index in [-0.39, 0.29) is 5.91 Å². The molecule has 4 rings (SSSR count). The number of primary amides is 1. The number of H-pyrrole nitrogens is 1. The minimum atomic E-state index is -0.740. The van der Waals surface area contributed by atoms with Crippen LogP contribution in [-0.2, 0) is 24.1 Å². The Kier molecular flexibility index (Phi) is 4.67. The monoisotopic (exact) mass is 361 g/mol. The van der Waals surface area contributed by atoms with Crippen LogP contribution in [0.4, 0.5) is 0 Å². The van der Waals surface area contributed by atoms with E-state index in [1.807, 2.05) is 42.5 Å². The van der Waals surface area contributed by atoms with Crippen molar-refractivity contribution in [2.45, 2.75) is 38.1 Å². The van der Waals surface area contributed by atoms with Gasteiger partial charge in [0.2, 0.25) is 5.91 Å². The zero-order valence-electron chi connectivity index (χ0n) is 15.1. The van der Waals surface area contributed by atoms with Gasteiger partial charge >= 0.3 is 0 Å². The first-order chi connectivity index (χ1) is 13.1. The molecule has 1 aliphatic carbocycles. The van der Waals surface area contributed by atoms with E-state index in [2.05, 4.69) is 10.3 Å². The third-order valence-corrected chi connectivity index (χ3v) is 5.29. The van der Waals surface area contributed by atoms with Crippen LogP contribution in [0.5, 0.6) is 0 Å². The second kappa shape index (κ2) is 7.27. The number of aromatic amines is 1. The van der Waals surface area contributed by atoms with Gasteiger partial charge in [0.15, 0.2) is 0 Å². The van der Waals surface area contributed by atoms with Crippen LogP contribution in [-0.4, -0.2) is 22.8 Å². The molecule has 0 fully saturated rings. The van der Waals surface area contributed by atoms with E-state index in [1.165, 1.54) is 24.1 Å². The van der Waals surface area contributed by atoms with Gasteiger partial charge in [0.25, 0.3) is 5.91 Å². The van der Waals surface area contributed by atoms with Crippen molar-refractivity contribution in [2.24, 2.45) is 5.73 Å². The maximum absolute atomic E-state index is 12.8. The molecule has 1 aromatic heterocycles. The minimum absolute atomic E-state index is 0.276. The molecule has 0 saturated heterocycles. The molecule has 4 N–H and O–H groups in total. The van der Waals surface area contributed by atoms with Gasteiger partial charge in [0, 0.05) is 28.6 Å². The smallest absolute Gasteiger partial charge is 0.251 e. The topological polar surface area (TPSA) is 88.0 Å². The van der Waals surface area contributed by atoms with Gasteiger partial charge in [-0.3, -0.25) is 9.59 Å². The molecule has 5 heteroatoms. The van der Waals surface area contributed by atoms with E-state index in [9.17, 15) is 9.59 Å². The average molecular weight is 361 g/mol. The predicted octanol–water partition coefficient (Wildman–Crippen LogP) is 2.87. The molecular formula is C22H23N3O2. The fourth-order valence-corrected chi connectivity index (χ4v) is 3.86. The number of fused-ring (bicyclic) bond motifs is 3. The summed E-state index contributed by atoms with van der Waals surface area (Å²) in [6, 6.07) is 14.5. The molecule has 1 unspecified atom stereocenters. The minimum Gasteiger partial charge on any atom is -0.368 e. The van der Waals surface area contributed by atoms with Gasteiger partial charge in [0.05, 0.1) is 0 Å². The van der Waals surface area contributed by atoms with Crippen LogP contribution in [0.15, 0.2) is 48.5 Å². The quantitative estimate of drug-likeness (QED) is 0.652. The molecule has 2 amide bonds. The first-order valence-electron chi connectivity index (χ1n) is 9.39. The number of nitrogens with two attached hydrogens (primary N) is 1. The summed E-state index contributed by atoms with van der Waals surface area (Å²) < 4.78 is 0. The van der Waals surface area contributed by atoms with Crippen molar-refractivity contribution in [1.29, 1.82) is 0 Å². The summed E-state index contributed by atoms with van der Waals surface area (Å²) in [5, 5.41) is 3.90. The standard InChI is InChI=1S/C22H23N3O2/c23-21(26)20(12-14-6-2-1-3-7-14)25-22(27)15-10-11-19-17(13-15)16-8-4-5-9-18(16)24-19/h1-3,6-7,10-11,13,20,24H,4-5,8-9,12H2,(H2,23,26)(H,25,27). The second-order valence-electron chi connectivity index (χ2n) is 7.17. The Balaban J connectivity index is 1.56. The van der Waals surface area contributed by atoms with Gasteiger partial charge in [-0.15, -0.1) is 0 Å². The number of rotatable bonds is 5. The van der Waals surface area contributed by atoms with Crippen LogP contribution < -0.4 is 11.1 Å². The lowest BCUT2D eigenvalue weighted by atomic mass is 9.95. The Morgan fingerprint density at radius 2 is 1.85 bits per heavy atom. The highest BCUT2D eigenvalue weighted by Gasteiger charge is 2.21. The zero-order chi connectivity index (χ0) is 18.8. The SMILES string of the molecule is NC(=O)C(Cc1ccccc1)NC(=O)c1ccc2[nH]c3c(c2c1)CCCC3. The van der Waals surface area contributed by atoms with Crippen LogP contribution in [0.2, 0.25) is 0 Å². The summed E-state index contributed by atoms with van der Waals surface area (Å²) in [6.45, 7) is 0. The molecule has 3 aromatic rings. The normalized spacial score (nSPS) is 14.5. The third kappa shape index (κ3) is 3.58. The Morgan fingerprint density at radius 1 is 1.07 bits per heavy atom. The van der Waals surface area contributed by atoms with Crippen molar-refractivity contribution in [3.8, 4) is 0 Å². The lowest BCUT2D eigenvalue weighted by molar-refractivity contribution is -0.119. The van der Waals surface area contributed by atoms with Crippen molar-refractivity contribution < 1.29 is 9.59 Å². The number of amides is 2. The van der Waals surface area contributed by atoms with E-state index < -0.39 is 11.9 Å². The van der Waals surface area contributed by atoms with Gasteiger partial charge in [-0.25, -0.2) is 0 Å². The van der Waals surface area contributed by atoms with Crippen LogP contribution in [0, 0.1) is 0 Å². The molecule has 2 aromatic carbocycles. The van der Waals surface area contributed by atoms with Crippen LogP contribution >= 0.6 is 0 Å². The van der Waals surface area contributed by atoms with Gasteiger partial charge in [0.1, 0.15) is 6.04 Å². The molecule has 0 aliphatic heterocycles. The number of benzene rings is 2. The van der Waals surface area contributed by atoms with E-state index in [0.29, 0.717) is 12.0 Å². The maximum atomic E-state index is 12.8. The number of hydrogen-bond acceptors (Lipinski definition) is 2. The number of carbonyl (C=O) groups is 2. The molecule has 27 heavy (non-hydrogen) atoms. The summed E-state index contributed by atoms with van der Waals surface area (Å²) in [7, 11) is 0. The maximum Gasteiger partial charge on any atom is 0.251 e. The molecular weight excluding hydrogens is 338 g/mol. The summed E-state index contributed by atoms with van der Waals surface area (Å²) in [6.07, 6.45) is 4.86. The molecule has 1 aliphatic rings. The Hall–Kier alpha value is -3.08. The highest BCUT2D eigenvalue weighted by molar-refractivity contribution is 6.01. The number of hydrogen-bond donors (Lipinski definition) is 3. The van der Waals surface area contributed by atoms with Crippen LogP contribution in [0.3, 0.4) is 0 Å². The van der Waals surface area contributed by atoms with Crippen molar-refractivity contribution in [3.05, 3.63) is 70.9 Å². The molecule has 0 bridgehead atoms. The number of aromatic nitrogens is 1. The first-order valence-corrected chi connectivity index (χ1v) is 9.39. The van der Waals surface area contributed by atoms with E-state index in [0.717, 1.165) is 29.3 Å². The molecule has 0 spiro atoms. The van der Waals surface area contributed by atoms with Gasteiger partial charge in [-0.05, 0) is 55.0 Å². The highest BCUT2D eigenvalue weighted by atomic mass is 16.2. The lowest BCUT2D eigenvalue weighted by Gasteiger charge is -2.16. The summed E-state index contributed by atoms with van der Waals surface area (Å²) in [5.41, 5.74) is 10.7. The van der Waals surface area contributed by atoms with E-state index in [4.69, 9.17) is 5.73 Å². The predicted molar refractivity (Wildman–Crippen MR) is 106 cm³/mol. The van der Waals surface area contributed by atoms with E-state index in [1.54, 1.807) is 6.07 Å². The Morgan fingerprint density at radius 3 is 2.63 bits per heavy atom. The van der Waals surface area contributed by atoms with Crippen LogP contribution in [0.25, 0.3) is 10.9 Å². The Bertz CT molecular complexity index is 991. The second-order valence-corrected chi connectivity index (χ2v) is 7.17. The van der Waals surface area contributed by atoms with E-state index >= 15 is 0 Å². The number of aryl methyl sites for hydroxylation is 2. The Labute approximate surface area is 158 Å².